The Morgan fingerprint density at radius 3 is 3.04 bits per heavy atom. The summed E-state index contributed by atoms with van der Waals surface area (Å²) in [5.74, 6) is 1.90. The van der Waals surface area contributed by atoms with Gasteiger partial charge in [-0.25, -0.2) is 0 Å². The highest BCUT2D eigenvalue weighted by Crippen LogP contribution is 2.61. The number of amides is 1. The van der Waals surface area contributed by atoms with Crippen molar-refractivity contribution in [1.82, 2.24) is 15.5 Å². The summed E-state index contributed by atoms with van der Waals surface area (Å²) in [6, 6.07) is 8.55. The van der Waals surface area contributed by atoms with Crippen LogP contribution in [0.5, 0.6) is 0 Å². The quantitative estimate of drug-likeness (QED) is 0.942. The molecule has 23 heavy (non-hydrogen) atoms. The van der Waals surface area contributed by atoms with Gasteiger partial charge in [0.15, 0.2) is 0 Å². The van der Waals surface area contributed by atoms with Gasteiger partial charge in [0.05, 0.1) is 6.54 Å². The molecule has 5 rings (SSSR count). The zero-order valence-corrected chi connectivity index (χ0v) is 12.9. The fraction of sp³-hybridized carbons (Fsp3) is 0.500. The number of carbonyl (C=O) groups is 1. The van der Waals surface area contributed by atoms with E-state index in [1.807, 2.05) is 0 Å². The SMILES string of the molecule is O=C(NCc1nnc(C2CC2)o1)[C@@H]1C[C@]12CCc1ccccc12. The van der Waals surface area contributed by atoms with Crippen molar-refractivity contribution in [2.75, 3.05) is 0 Å². The molecular formula is C18H19N3O2. The number of nitrogens with one attached hydrogen (secondary N) is 1. The van der Waals surface area contributed by atoms with E-state index < -0.39 is 0 Å². The van der Waals surface area contributed by atoms with E-state index in [1.165, 1.54) is 11.1 Å². The molecule has 2 aromatic rings. The van der Waals surface area contributed by atoms with Crippen LogP contribution < -0.4 is 5.32 Å². The van der Waals surface area contributed by atoms with Gasteiger partial charge in [0.2, 0.25) is 17.7 Å². The molecule has 5 nitrogen and oxygen atoms in total. The van der Waals surface area contributed by atoms with Crippen molar-refractivity contribution in [2.45, 2.75) is 50.0 Å². The van der Waals surface area contributed by atoms with Gasteiger partial charge in [-0.15, -0.1) is 10.2 Å². The summed E-state index contributed by atoms with van der Waals surface area (Å²) in [7, 11) is 0. The molecular weight excluding hydrogens is 290 g/mol. The Morgan fingerprint density at radius 1 is 1.30 bits per heavy atom. The minimum atomic E-state index is 0.0920. The van der Waals surface area contributed by atoms with Gasteiger partial charge < -0.3 is 9.73 Å². The third kappa shape index (κ3) is 2.10. The van der Waals surface area contributed by atoms with Crippen LogP contribution in [0.3, 0.4) is 0 Å². The van der Waals surface area contributed by atoms with Crippen molar-refractivity contribution in [3.63, 3.8) is 0 Å². The summed E-state index contributed by atoms with van der Waals surface area (Å²) in [4.78, 5) is 12.5. The van der Waals surface area contributed by atoms with Crippen LogP contribution >= 0.6 is 0 Å². The molecule has 5 heteroatoms. The number of nitrogens with zero attached hydrogens (tertiary/aromatic N) is 2. The van der Waals surface area contributed by atoms with Gasteiger partial charge in [0, 0.05) is 17.3 Å². The molecule has 1 spiro atoms. The normalized spacial score (nSPS) is 27.9. The molecule has 1 aromatic carbocycles. The molecule has 1 amide bonds. The van der Waals surface area contributed by atoms with Gasteiger partial charge in [-0.1, -0.05) is 24.3 Å². The second kappa shape index (κ2) is 4.66. The number of carbonyl (C=O) groups excluding carboxylic acids is 1. The molecule has 0 bridgehead atoms. The number of hydrogen-bond acceptors (Lipinski definition) is 4. The molecule has 0 saturated heterocycles. The number of aryl methyl sites for hydroxylation is 1. The predicted octanol–water partition coefficient (Wildman–Crippen LogP) is 2.47. The predicted molar refractivity (Wildman–Crippen MR) is 82.7 cm³/mol. The van der Waals surface area contributed by atoms with Crippen LogP contribution in [0.25, 0.3) is 0 Å². The number of rotatable bonds is 4. The first-order valence-corrected chi connectivity index (χ1v) is 8.45. The van der Waals surface area contributed by atoms with Crippen LogP contribution in [0, 0.1) is 5.92 Å². The zero-order chi connectivity index (χ0) is 15.4. The van der Waals surface area contributed by atoms with Crippen molar-refractivity contribution in [1.29, 1.82) is 0 Å². The maximum Gasteiger partial charge on any atom is 0.235 e. The molecule has 2 fully saturated rings. The molecule has 0 unspecified atom stereocenters. The van der Waals surface area contributed by atoms with Crippen molar-refractivity contribution in [3.05, 3.63) is 47.2 Å². The number of benzene rings is 1. The molecule has 2 saturated carbocycles. The van der Waals surface area contributed by atoms with Gasteiger partial charge >= 0.3 is 0 Å². The minimum Gasteiger partial charge on any atom is -0.423 e. The first kappa shape index (κ1) is 13.3. The minimum absolute atomic E-state index is 0.0920. The molecule has 0 radical (unpaired) electrons. The van der Waals surface area contributed by atoms with Crippen LogP contribution in [0.2, 0.25) is 0 Å². The van der Waals surface area contributed by atoms with Crippen LogP contribution in [0.1, 0.15) is 54.5 Å². The summed E-state index contributed by atoms with van der Waals surface area (Å²) in [6.45, 7) is 0.340. The van der Waals surface area contributed by atoms with Crippen LogP contribution in [-0.4, -0.2) is 16.1 Å². The monoisotopic (exact) mass is 309 g/mol. The van der Waals surface area contributed by atoms with Crippen LogP contribution in [0.4, 0.5) is 0 Å². The van der Waals surface area contributed by atoms with Crippen molar-refractivity contribution in [3.8, 4) is 0 Å². The second-order valence-electron chi connectivity index (χ2n) is 7.10. The Hall–Kier alpha value is -2.17. The zero-order valence-electron chi connectivity index (χ0n) is 12.9. The lowest BCUT2D eigenvalue weighted by molar-refractivity contribution is -0.123. The number of aromatic nitrogens is 2. The van der Waals surface area contributed by atoms with Gasteiger partial charge in [-0.2, -0.15) is 0 Å². The molecule has 1 heterocycles. The third-order valence-electron chi connectivity index (χ3n) is 5.61. The Morgan fingerprint density at radius 2 is 2.17 bits per heavy atom. The standard InChI is InChI=1S/C18H19N3O2/c22-16(19-10-15-20-21-17(23-15)12-5-6-12)14-9-18(14)8-7-11-3-1-2-4-13(11)18/h1-4,12,14H,5-10H2,(H,19,22)/t14-,18-/m0/s1. The smallest absolute Gasteiger partial charge is 0.235 e. The highest BCUT2D eigenvalue weighted by Gasteiger charge is 2.61. The Labute approximate surface area is 134 Å². The molecule has 2 atom stereocenters. The number of hydrogen-bond donors (Lipinski definition) is 1. The maximum absolute atomic E-state index is 12.5. The van der Waals surface area contributed by atoms with E-state index in [9.17, 15) is 4.79 Å². The summed E-state index contributed by atoms with van der Waals surface area (Å²) in [5.41, 5.74) is 2.89. The van der Waals surface area contributed by atoms with Gasteiger partial charge in [0.25, 0.3) is 0 Å². The first-order chi connectivity index (χ1) is 11.3. The Bertz CT molecular complexity index is 780. The Kier molecular flexibility index (Phi) is 2.69. The Balaban J connectivity index is 1.24. The lowest BCUT2D eigenvalue weighted by Crippen LogP contribution is -2.27. The van der Waals surface area contributed by atoms with E-state index in [0.717, 1.165) is 38.0 Å². The van der Waals surface area contributed by atoms with Crippen LogP contribution in [-0.2, 0) is 23.2 Å². The summed E-state index contributed by atoms with van der Waals surface area (Å²) >= 11 is 0. The van der Waals surface area contributed by atoms with E-state index in [0.29, 0.717) is 18.4 Å². The van der Waals surface area contributed by atoms with Crippen molar-refractivity contribution in [2.24, 2.45) is 5.92 Å². The third-order valence-corrected chi connectivity index (χ3v) is 5.61. The van der Waals surface area contributed by atoms with Gasteiger partial charge in [0.1, 0.15) is 0 Å². The molecule has 118 valence electrons. The average molecular weight is 309 g/mol. The molecule has 1 aromatic heterocycles. The maximum atomic E-state index is 12.5. The lowest BCUT2D eigenvalue weighted by atomic mass is 9.95. The van der Waals surface area contributed by atoms with Gasteiger partial charge in [-0.05, 0) is 43.2 Å². The van der Waals surface area contributed by atoms with E-state index >= 15 is 0 Å². The lowest BCUT2D eigenvalue weighted by Gasteiger charge is -2.11. The molecule has 1 N–H and O–H groups in total. The highest BCUT2D eigenvalue weighted by atomic mass is 16.4. The van der Waals surface area contributed by atoms with Gasteiger partial charge in [-0.3, -0.25) is 4.79 Å². The molecule has 3 aliphatic carbocycles. The van der Waals surface area contributed by atoms with E-state index in [2.05, 4.69) is 39.8 Å². The molecule has 3 aliphatic rings. The van der Waals surface area contributed by atoms with Crippen LogP contribution in [0.15, 0.2) is 28.7 Å². The fourth-order valence-electron chi connectivity index (χ4n) is 4.06. The first-order valence-electron chi connectivity index (χ1n) is 8.45. The average Bonchev–Trinajstić information content (AvgIpc) is 3.46. The van der Waals surface area contributed by atoms with Crippen molar-refractivity contribution < 1.29 is 9.21 Å². The van der Waals surface area contributed by atoms with E-state index in [4.69, 9.17) is 4.42 Å². The fourth-order valence-corrected chi connectivity index (χ4v) is 4.06. The highest BCUT2D eigenvalue weighted by molar-refractivity contribution is 5.84. The second-order valence-corrected chi connectivity index (χ2v) is 7.10. The largest absolute Gasteiger partial charge is 0.423 e. The van der Waals surface area contributed by atoms with E-state index in [-0.39, 0.29) is 17.2 Å². The topological polar surface area (TPSA) is 68.0 Å². The van der Waals surface area contributed by atoms with Crippen molar-refractivity contribution >= 4 is 5.91 Å². The summed E-state index contributed by atoms with van der Waals surface area (Å²) < 4.78 is 5.59. The molecule has 0 aliphatic heterocycles. The van der Waals surface area contributed by atoms with E-state index in [1.54, 1.807) is 0 Å². The number of fused-ring (bicyclic) bond motifs is 2. The summed E-state index contributed by atoms with van der Waals surface area (Å²) in [5, 5.41) is 11.1. The summed E-state index contributed by atoms with van der Waals surface area (Å²) in [6.07, 6.45) is 5.42.